The number of aryl methyl sites for hydroxylation is 1. The van der Waals surface area contributed by atoms with Crippen molar-refractivity contribution in [3.05, 3.63) is 34.7 Å². The maximum absolute atomic E-state index is 5.49. The molecule has 1 aliphatic heterocycles. The van der Waals surface area contributed by atoms with Crippen LogP contribution in [0.1, 0.15) is 5.56 Å². The summed E-state index contributed by atoms with van der Waals surface area (Å²) in [4.78, 5) is 4.39. The van der Waals surface area contributed by atoms with Crippen LogP contribution in [0.5, 0.6) is 5.75 Å². The first-order chi connectivity index (χ1) is 7.75. The van der Waals surface area contributed by atoms with Crippen LogP contribution in [0.3, 0.4) is 0 Å². The zero-order valence-electron chi connectivity index (χ0n) is 8.90. The van der Waals surface area contributed by atoms with Gasteiger partial charge >= 0.3 is 0 Å². The third kappa shape index (κ3) is 1.45. The van der Waals surface area contributed by atoms with E-state index >= 15 is 0 Å². The second-order valence-corrected chi connectivity index (χ2v) is 4.67. The molecule has 2 heterocycles. The lowest BCUT2D eigenvalue weighted by Gasteiger charge is -2.02. The molecule has 1 aromatic heterocycles. The normalized spacial score (nSPS) is 13.6. The highest BCUT2D eigenvalue weighted by atomic mass is 79.9. The fourth-order valence-electron chi connectivity index (χ4n) is 1.94. The van der Waals surface area contributed by atoms with E-state index in [1.165, 1.54) is 5.56 Å². The van der Waals surface area contributed by atoms with Crippen molar-refractivity contribution in [3.63, 3.8) is 0 Å². The Bertz CT molecular complexity index is 548. The molecule has 3 nitrogen and oxygen atoms in total. The molecule has 1 aromatic carbocycles. The van der Waals surface area contributed by atoms with Gasteiger partial charge in [-0.2, -0.15) is 0 Å². The van der Waals surface area contributed by atoms with E-state index in [2.05, 4.69) is 33.0 Å². The van der Waals surface area contributed by atoms with Crippen LogP contribution in [0.15, 0.2) is 29.1 Å². The minimum atomic E-state index is 0.794. The molecule has 3 rings (SSSR count). The highest BCUT2D eigenvalue weighted by Gasteiger charge is 2.15. The van der Waals surface area contributed by atoms with E-state index in [-0.39, 0.29) is 0 Å². The van der Waals surface area contributed by atoms with Crippen LogP contribution >= 0.6 is 15.9 Å². The molecule has 0 N–H and O–H groups in total. The maximum Gasteiger partial charge on any atom is 0.122 e. The van der Waals surface area contributed by atoms with E-state index in [1.807, 2.05) is 24.0 Å². The van der Waals surface area contributed by atoms with Gasteiger partial charge in [-0.05, 0) is 39.7 Å². The van der Waals surface area contributed by atoms with Crippen molar-refractivity contribution in [1.29, 1.82) is 0 Å². The number of aromatic nitrogens is 2. The van der Waals surface area contributed by atoms with Gasteiger partial charge in [-0.25, -0.2) is 4.98 Å². The number of imidazole rings is 1. The average Bonchev–Trinajstić information content (AvgIpc) is 2.86. The molecular formula is C12H11BrN2O. The summed E-state index contributed by atoms with van der Waals surface area (Å²) in [7, 11) is 1.97. The first-order valence-corrected chi connectivity index (χ1v) is 5.98. The van der Waals surface area contributed by atoms with Crippen molar-refractivity contribution in [3.8, 4) is 17.0 Å². The van der Waals surface area contributed by atoms with Gasteiger partial charge in [-0.15, -0.1) is 0 Å². The Labute approximate surface area is 102 Å². The zero-order chi connectivity index (χ0) is 11.1. The fraction of sp³-hybridized carbons (Fsp3) is 0.250. The molecule has 0 unspecified atom stereocenters. The van der Waals surface area contributed by atoms with Gasteiger partial charge in [0.25, 0.3) is 0 Å². The summed E-state index contributed by atoms with van der Waals surface area (Å²) in [6.45, 7) is 0.794. The lowest BCUT2D eigenvalue weighted by Crippen LogP contribution is -1.85. The topological polar surface area (TPSA) is 27.1 Å². The van der Waals surface area contributed by atoms with E-state index in [1.54, 1.807) is 0 Å². The summed E-state index contributed by atoms with van der Waals surface area (Å²) in [6, 6.07) is 6.24. The van der Waals surface area contributed by atoms with E-state index in [4.69, 9.17) is 4.74 Å². The Morgan fingerprint density at radius 2 is 2.31 bits per heavy atom. The molecule has 0 radical (unpaired) electrons. The average molecular weight is 279 g/mol. The van der Waals surface area contributed by atoms with Gasteiger partial charge < -0.3 is 9.30 Å². The molecule has 0 atom stereocenters. The quantitative estimate of drug-likeness (QED) is 0.802. The van der Waals surface area contributed by atoms with Gasteiger partial charge in [0, 0.05) is 19.0 Å². The van der Waals surface area contributed by atoms with Crippen LogP contribution in [-0.2, 0) is 13.5 Å². The van der Waals surface area contributed by atoms with Crippen LogP contribution in [0, 0.1) is 0 Å². The molecule has 16 heavy (non-hydrogen) atoms. The van der Waals surface area contributed by atoms with Crippen LogP contribution in [0.4, 0.5) is 0 Å². The summed E-state index contributed by atoms with van der Waals surface area (Å²) >= 11 is 3.54. The van der Waals surface area contributed by atoms with Crippen LogP contribution in [0.2, 0.25) is 0 Å². The zero-order valence-corrected chi connectivity index (χ0v) is 10.5. The number of hydrogen-bond acceptors (Lipinski definition) is 2. The lowest BCUT2D eigenvalue weighted by molar-refractivity contribution is 0.357. The van der Waals surface area contributed by atoms with Crippen molar-refractivity contribution in [2.24, 2.45) is 7.05 Å². The molecule has 0 aliphatic carbocycles. The third-order valence-corrected chi connectivity index (χ3v) is 3.76. The van der Waals surface area contributed by atoms with E-state index in [0.717, 1.165) is 34.6 Å². The minimum absolute atomic E-state index is 0.794. The first kappa shape index (κ1) is 9.90. The molecule has 0 bridgehead atoms. The maximum atomic E-state index is 5.49. The standard InChI is InChI=1S/C12H11BrN2O/c1-15-7-14-11(12(15)13)9-2-3-10-8(6-9)4-5-16-10/h2-3,6-7H,4-5H2,1H3. The number of benzene rings is 1. The predicted octanol–water partition coefficient (Wildman–Crippen LogP) is 2.78. The summed E-state index contributed by atoms with van der Waals surface area (Å²) in [5.74, 6) is 1.01. The molecule has 1 aliphatic rings. The van der Waals surface area contributed by atoms with Gasteiger partial charge in [0.1, 0.15) is 16.0 Å². The van der Waals surface area contributed by atoms with Crippen LogP contribution in [-0.4, -0.2) is 16.2 Å². The number of rotatable bonds is 1. The van der Waals surface area contributed by atoms with Gasteiger partial charge in [-0.3, -0.25) is 0 Å². The molecular weight excluding hydrogens is 268 g/mol. The van der Waals surface area contributed by atoms with Crippen molar-refractivity contribution in [1.82, 2.24) is 9.55 Å². The fourth-order valence-corrected chi connectivity index (χ4v) is 2.37. The molecule has 82 valence electrons. The summed E-state index contributed by atoms with van der Waals surface area (Å²) in [5.41, 5.74) is 3.39. The summed E-state index contributed by atoms with van der Waals surface area (Å²) < 4.78 is 8.45. The number of hydrogen-bond donors (Lipinski definition) is 0. The Balaban J connectivity index is 2.10. The van der Waals surface area contributed by atoms with Crippen molar-refractivity contribution in [2.75, 3.05) is 6.61 Å². The summed E-state index contributed by atoms with van der Waals surface area (Å²) in [6.07, 6.45) is 2.80. The van der Waals surface area contributed by atoms with Crippen LogP contribution < -0.4 is 4.74 Å². The Morgan fingerprint density at radius 3 is 3.06 bits per heavy atom. The van der Waals surface area contributed by atoms with Gasteiger partial charge in [0.2, 0.25) is 0 Å². The number of fused-ring (bicyclic) bond motifs is 1. The van der Waals surface area contributed by atoms with E-state index in [9.17, 15) is 0 Å². The first-order valence-electron chi connectivity index (χ1n) is 5.18. The van der Waals surface area contributed by atoms with Crippen molar-refractivity contribution >= 4 is 15.9 Å². The predicted molar refractivity (Wildman–Crippen MR) is 65.5 cm³/mol. The van der Waals surface area contributed by atoms with Gasteiger partial charge in [0.05, 0.1) is 12.9 Å². The number of halogens is 1. The molecule has 4 heteroatoms. The second-order valence-electron chi connectivity index (χ2n) is 3.92. The summed E-state index contributed by atoms with van der Waals surface area (Å²) in [5, 5.41) is 0. The largest absolute Gasteiger partial charge is 0.493 e. The molecule has 0 saturated carbocycles. The molecule has 0 spiro atoms. The van der Waals surface area contributed by atoms with Crippen LogP contribution in [0.25, 0.3) is 11.3 Å². The molecule has 0 saturated heterocycles. The third-order valence-electron chi connectivity index (χ3n) is 2.83. The molecule has 0 fully saturated rings. The smallest absolute Gasteiger partial charge is 0.122 e. The van der Waals surface area contributed by atoms with E-state index in [0.29, 0.717) is 0 Å². The SMILES string of the molecule is Cn1cnc(-c2ccc3c(c2)CCO3)c1Br. The number of ether oxygens (including phenoxy) is 1. The minimum Gasteiger partial charge on any atom is -0.493 e. The highest BCUT2D eigenvalue weighted by molar-refractivity contribution is 9.10. The highest BCUT2D eigenvalue weighted by Crippen LogP contribution is 2.32. The Hall–Kier alpha value is -1.29. The van der Waals surface area contributed by atoms with Crippen molar-refractivity contribution < 1.29 is 4.74 Å². The molecule has 0 amide bonds. The van der Waals surface area contributed by atoms with Gasteiger partial charge in [0.15, 0.2) is 0 Å². The Morgan fingerprint density at radius 1 is 1.44 bits per heavy atom. The van der Waals surface area contributed by atoms with E-state index < -0.39 is 0 Å². The lowest BCUT2D eigenvalue weighted by atomic mass is 10.1. The number of nitrogens with zero attached hydrogens (tertiary/aromatic N) is 2. The molecule has 2 aromatic rings. The van der Waals surface area contributed by atoms with Gasteiger partial charge in [-0.1, -0.05) is 0 Å². The Kier molecular flexibility index (Phi) is 2.24. The van der Waals surface area contributed by atoms with Crippen molar-refractivity contribution in [2.45, 2.75) is 6.42 Å². The monoisotopic (exact) mass is 278 g/mol. The second kappa shape index (κ2) is 3.63.